The third kappa shape index (κ3) is 4.35. The molecule has 5 rings (SSSR count). The Balaban J connectivity index is 1.40. The molecular formula is C26H23N5O2S. The summed E-state index contributed by atoms with van der Waals surface area (Å²) in [4.78, 5) is 4.75. The molecule has 34 heavy (non-hydrogen) atoms. The van der Waals surface area contributed by atoms with Crippen molar-refractivity contribution in [2.75, 3.05) is 10.0 Å². The Labute approximate surface area is 198 Å². The molecule has 0 amide bonds. The minimum absolute atomic E-state index is 0.158. The Kier molecular flexibility index (Phi) is 5.51. The van der Waals surface area contributed by atoms with Gasteiger partial charge in [-0.3, -0.25) is 9.71 Å². The van der Waals surface area contributed by atoms with E-state index in [0.29, 0.717) is 5.82 Å². The molecule has 7 nitrogen and oxygen atoms in total. The Bertz CT molecular complexity index is 1580. The standard InChI is InChI=1S/C26H23N5O2S/c1-18-8-13-24-23(16-18)25(17-19(2)28-24)29-20-9-11-22(12-10-20)34(32,33)30-26-14-15-27-31(26)21-6-4-3-5-7-21/h3-17,30H,1-2H3,(H,28,29). The first kappa shape index (κ1) is 21.7. The van der Waals surface area contributed by atoms with Crippen LogP contribution in [0.4, 0.5) is 17.2 Å². The van der Waals surface area contributed by atoms with Crippen molar-refractivity contribution in [3.8, 4) is 5.69 Å². The molecule has 8 heteroatoms. The van der Waals surface area contributed by atoms with Crippen LogP contribution in [-0.4, -0.2) is 23.2 Å². The third-order valence-corrected chi connectivity index (χ3v) is 6.79. The summed E-state index contributed by atoms with van der Waals surface area (Å²) >= 11 is 0. The van der Waals surface area contributed by atoms with Crippen molar-refractivity contribution in [3.63, 3.8) is 0 Å². The van der Waals surface area contributed by atoms with E-state index < -0.39 is 10.0 Å². The van der Waals surface area contributed by atoms with Crippen molar-refractivity contribution in [2.45, 2.75) is 18.7 Å². The largest absolute Gasteiger partial charge is 0.355 e. The molecule has 2 aromatic heterocycles. The number of aromatic nitrogens is 3. The second-order valence-corrected chi connectivity index (χ2v) is 9.73. The van der Waals surface area contributed by atoms with Crippen molar-refractivity contribution in [1.29, 1.82) is 0 Å². The minimum Gasteiger partial charge on any atom is -0.355 e. The van der Waals surface area contributed by atoms with E-state index in [1.54, 1.807) is 41.2 Å². The number of nitrogens with one attached hydrogen (secondary N) is 2. The van der Waals surface area contributed by atoms with Crippen molar-refractivity contribution < 1.29 is 8.42 Å². The number of fused-ring (bicyclic) bond motifs is 1. The summed E-state index contributed by atoms with van der Waals surface area (Å²) in [6.45, 7) is 3.99. The van der Waals surface area contributed by atoms with Gasteiger partial charge >= 0.3 is 0 Å². The predicted octanol–water partition coefficient (Wildman–Crippen LogP) is 5.58. The summed E-state index contributed by atoms with van der Waals surface area (Å²) < 4.78 is 30.2. The van der Waals surface area contributed by atoms with E-state index in [4.69, 9.17) is 0 Å². The average Bonchev–Trinajstić information content (AvgIpc) is 3.28. The van der Waals surface area contributed by atoms with Crippen LogP contribution < -0.4 is 10.0 Å². The zero-order valence-corrected chi connectivity index (χ0v) is 19.5. The van der Waals surface area contributed by atoms with Gasteiger partial charge in [-0.05, 0) is 68.4 Å². The summed E-state index contributed by atoms with van der Waals surface area (Å²) in [6.07, 6.45) is 1.56. The van der Waals surface area contributed by atoms with Gasteiger partial charge in [0.15, 0.2) is 0 Å². The molecule has 0 aliphatic carbocycles. The molecule has 0 aliphatic rings. The van der Waals surface area contributed by atoms with Crippen LogP contribution in [0, 0.1) is 13.8 Å². The van der Waals surface area contributed by atoms with Crippen molar-refractivity contribution >= 4 is 38.1 Å². The second-order valence-electron chi connectivity index (χ2n) is 8.05. The molecule has 3 aromatic carbocycles. The Hall–Kier alpha value is -4.17. The highest BCUT2D eigenvalue weighted by Gasteiger charge is 2.17. The summed E-state index contributed by atoms with van der Waals surface area (Å²) in [5.74, 6) is 0.363. The van der Waals surface area contributed by atoms with Gasteiger partial charge in [-0.2, -0.15) is 5.10 Å². The minimum atomic E-state index is -3.80. The van der Waals surface area contributed by atoms with Crippen LogP contribution in [0.3, 0.4) is 0 Å². The quantitative estimate of drug-likeness (QED) is 0.339. The van der Waals surface area contributed by atoms with E-state index in [-0.39, 0.29) is 4.90 Å². The van der Waals surface area contributed by atoms with E-state index in [2.05, 4.69) is 26.2 Å². The molecule has 0 fully saturated rings. The first-order chi connectivity index (χ1) is 16.4. The number of nitrogens with zero attached hydrogens (tertiary/aromatic N) is 3. The zero-order valence-electron chi connectivity index (χ0n) is 18.7. The number of rotatable bonds is 6. The molecule has 0 spiro atoms. The first-order valence-corrected chi connectivity index (χ1v) is 12.2. The maximum Gasteiger partial charge on any atom is 0.263 e. The van der Waals surface area contributed by atoms with Crippen LogP contribution in [0.5, 0.6) is 0 Å². The van der Waals surface area contributed by atoms with Crippen LogP contribution >= 0.6 is 0 Å². The lowest BCUT2D eigenvalue weighted by molar-refractivity contribution is 0.600. The fourth-order valence-electron chi connectivity index (χ4n) is 3.80. The molecule has 0 aliphatic heterocycles. The van der Waals surface area contributed by atoms with Gasteiger partial charge in [0.2, 0.25) is 0 Å². The molecule has 2 N–H and O–H groups in total. The molecule has 5 aromatic rings. The number of sulfonamides is 1. The molecular weight excluding hydrogens is 446 g/mol. The number of pyridine rings is 1. The molecule has 0 saturated heterocycles. The van der Waals surface area contributed by atoms with Crippen molar-refractivity contribution in [1.82, 2.24) is 14.8 Å². The number of benzene rings is 3. The maximum absolute atomic E-state index is 13.0. The van der Waals surface area contributed by atoms with Crippen molar-refractivity contribution in [2.24, 2.45) is 0 Å². The van der Waals surface area contributed by atoms with Gasteiger partial charge in [0, 0.05) is 28.5 Å². The molecule has 0 atom stereocenters. The highest BCUT2D eigenvalue weighted by Crippen LogP contribution is 2.28. The molecule has 170 valence electrons. The lowest BCUT2D eigenvalue weighted by atomic mass is 10.1. The van der Waals surface area contributed by atoms with E-state index >= 15 is 0 Å². The highest BCUT2D eigenvalue weighted by atomic mass is 32.2. The number of hydrogen-bond donors (Lipinski definition) is 2. The summed E-state index contributed by atoms with van der Waals surface area (Å²) in [5, 5.41) is 8.65. The van der Waals surface area contributed by atoms with Crippen LogP contribution in [0.25, 0.3) is 16.6 Å². The molecule has 0 unspecified atom stereocenters. The highest BCUT2D eigenvalue weighted by molar-refractivity contribution is 7.92. The van der Waals surface area contributed by atoms with E-state index in [1.165, 1.54) is 0 Å². The SMILES string of the molecule is Cc1ccc2nc(C)cc(Nc3ccc(S(=O)(=O)Nc4ccnn4-c4ccccc4)cc3)c2c1. The van der Waals surface area contributed by atoms with Gasteiger partial charge < -0.3 is 5.32 Å². The topological polar surface area (TPSA) is 88.9 Å². The maximum atomic E-state index is 13.0. The lowest BCUT2D eigenvalue weighted by Crippen LogP contribution is -2.16. The summed E-state index contributed by atoms with van der Waals surface area (Å²) in [5.41, 5.74) is 5.42. The predicted molar refractivity (Wildman–Crippen MR) is 135 cm³/mol. The van der Waals surface area contributed by atoms with Gasteiger partial charge in [0.05, 0.1) is 22.3 Å². The Morgan fingerprint density at radius 2 is 1.62 bits per heavy atom. The normalized spacial score (nSPS) is 11.5. The van der Waals surface area contributed by atoms with Crippen molar-refractivity contribution in [3.05, 3.63) is 102 Å². The fourth-order valence-corrected chi connectivity index (χ4v) is 4.84. The van der Waals surface area contributed by atoms with Crippen LogP contribution in [0.1, 0.15) is 11.3 Å². The first-order valence-electron chi connectivity index (χ1n) is 10.8. The number of hydrogen-bond acceptors (Lipinski definition) is 5. The molecule has 0 bridgehead atoms. The molecule has 2 heterocycles. The number of aryl methyl sites for hydroxylation is 2. The van der Waals surface area contributed by atoms with E-state index in [9.17, 15) is 8.42 Å². The Morgan fingerprint density at radius 3 is 2.38 bits per heavy atom. The van der Waals surface area contributed by atoms with Crippen LogP contribution in [0.2, 0.25) is 0 Å². The average molecular weight is 470 g/mol. The zero-order chi connectivity index (χ0) is 23.7. The van der Waals surface area contributed by atoms with Gasteiger partial charge in [-0.25, -0.2) is 13.1 Å². The third-order valence-electron chi connectivity index (χ3n) is 5.42. The summed E-state index contributed by atoms with van der Waals surface area (Å²) in [6, 6.07) is 25.7. The number of anilines is 3. The Morgan fingerprint density at radius 1 is 0.853 bits per heavy atom. The van der Waals surface area contributed by atoms with Gasteiger partial charge in [-0.15, -0.1) is 0 Å². The number of para-hydroxylation sites is 1. The lowest BCUT2D eigenvalue weighted by Gasteiger charge is -2.13. The molecule has 0 saturated carbocycles. The van der Waals surface area contributed by atoms with E-state index in [1.807, 2.05) is 62.4 Å². The van der Waals surface area contributed by atoms with Gasteiger partial charge in [0.25, 0.3) is 10.0 Å². The monoisotopic (exact) mass is 469 g/mol. The van der Waals surface area contributed by atoms with Crippen LogP contribution in [-0.2, 0) is 10.0 Å². The van der Waals surface area contributed by atoms with Crippen LogP contribution in [0.15, 0.2) is 96.0 Å². The summed E-state index contributed by atoms with van der Waals surface area (Å²) in [7, 11) is -3.80. The van der Waals surface area contributed by atoms with E-state index in [0.717, 1.165) is 39.2 Å². The second kappa shape index (κ2) is 8.64. The van der Waals surface area contributed by atoms with Gasteiger partial charge in [-0.1, -0.05) is 29.8 Å². The molecule has 0 radical (unpaired) electrons. The smallest absolute Gasteiger partial charge is 0.263 e. The van der Waals surface area contributed by atoms with Gasteiger partial charge in [0.1, 0.15) is 5.82 Å². The fraction of sp³-hybridized carbons (Fsp3) is 0.0769.